The van der Waals surface area contributed by atoms with E-state index in [0.29, 0.717) is 16.5 Å². The number of hydrogen-bond acceptors (Lipinski definition) is 5. The van der Waals surface area contributed by atoms with E-state index in [1.54, 1.807) is 11.3 Å². The molecule has 26 heavy (non-hydrogen) atoms. The van der Waals surface area contributed by atoms with Crippen LogP contribution in [-0.4, -0.2) is 21.6 Å². The van der Waals surface area contributed by atoms with E-state index in [1.165, 1.54) is 16.6 Å². The summed E-state index contributed by atoms with van der Waals surface area (Å²) in [5, 5.41) is 13.9. The van der Waals surface area contributed by atoms with Crippen molar-refractivity contribution in [2.75, 3.05) is 11.1 Å². The largest absolute Gasteiger partial charge is 0.333 e. The number of benzene rings is 1. The van der Waals surface area contributed by atoms with Gasteiger partial charge in [-0.3, -0.25) is 4.79 Å². The summed E-state index contributed by atoms with van der Waals surface area (Å²) in [5.41, 5.74) is 3.64. The van der Waals surface area contributed by atoms with Crippen molar-refractivity contribution in [2.45, 2.75) is 31.3 Å². The molecule has 0 saturated heterocycles. The van der Waals surface area contributed by atoms with Gasteiger partial charge in [-0.05, 0) is 42.9 Å². The van der Waals surface area contributed by atoms with Gasteiger partial charge in [-0.1, -0.05) is 30.8 Å². The summed E-state index contributed by atoms with van der Waals surface area (Å²) in [6, 6.07) is 10.1. The number of fused-ring (bicyclic) bond motifs is 2. The van der Waals surface area contributed by atoms with E-state index in [4.69, 9.17) is 0 Å². The molecule has 7 heteroatoms. The molecule has 0 bridgehead atoms. The van der Waals surface area contributed by atoms with Gasteiger partial charge in [0.25, 0.3) is 0 Å². The highest BCUT2D eigenvalue weighted by molar-refractivity contribution is 7.99. The minimum Gasteiger partial charge on any atom is -0.333 e. The molecule has 0 spiro atoms. The highest BCUT2D eigenvalue weighted by Gasteiger charge is 2.24. The second-order valence-corrected chi connectivity index (χ2v) is 8.63. The van der Waals surface area contributed by atoms with Gasteiger partial charge in [0.15, 0.2) is 5.16 Å². The average Bonchev–Trinajstić information content (AvgIpc) is 3.19. The molecule has 1 atom stereocenters. The van der Waals surface area contributed by atoms with Gasteiger partial charge < -0.3 is 10.3 Å². The molecule has 132 valence electrons. The van der Waals surface area contributed by atoms with E-state index >= 15 is 0 Å². The number of nitrogens with one attached hydrogen (secondary N) is 2. The second-order valence-electron chi connectivity index (χ2n) is 6.56. The molecule has 1 aliphatic carbocycles. The number of carbonyl (C=O) groups excluding carboxylic acids is 1. The molecule has 1 amide bonds. The maximum Gasteiger partial charge on any atom is 0.235 e. The van der Waals surface area contributed by atoms with E-state index in [1.807, 2.05) is 24.3 Å². The summed E-state index contributed by atoms with van der Waals surface area (Å²) < 4.78 is 0. The Morgan fingerprint density at radius 2 is 2.35 bits per heavy atom. The van der Waals surface area contributed by atoms with Crippen molar-refractivity contribution in [2.24, 2.45) is 5.92 Å². The van der Waals surface area contributed by atoms with Crippen molar-refractivity contribution < 1.29 is 4.79 Å². The number of amides is 1. The van der Waals surface area contributed by atoms with Crippen LogP contribution in [0, 0.1) is 17.2 Å². The number of hydrogen-bond donors (Lipinski definition) is 2. The zero-order chi connectivity index (χ0) is 18.1. The zero-order valence-corrected chi connectivity index (χ0v) is 16.0. The highest BCUT2D eigenvalue weighted by atomic mass is 32.2. The number of imidazole rings is 1. The van der Waals surface area contributed by atoms with E-state index in [-0.39, 0.29) is 11.7 Å². The molecule has 0 saturated carbocycles. The number of thiophene rings is 1. The Kier molecular flexibility index (Phi) is 4.70. The fourth-order valence-electron chi connectivity index (χ4n) is 3.25. The van der Waals surface area contributed by atoms with E-state index in [2.05, 4.69) is 28.3 Å². The predicted molar refractivity (Wildman–Crippen MR) is 106 cm³/mol. The smallest absolute Gasteiger partial charge is 0.235 e. The normalized spacial score (nSPS) is 16.2. The Morgan fingerprint density at radius 1 is 1.50 bits per heavy atom. The van der Waals surface area contributed by atoms with Crippen molar-refractivity contribution in [3.63, 3.8) is 0 Å². The van der Waals surface area contributed by atoms with Crippen molar-refractivity contribution in [3.05, 3.63) is 40.3 Å². The van der Waals surface area contributed by atoms with Crippen LogP contribution in [0.4, 0.5) is 5.00 Å². The first-order valence-electron chi connectivity index (χ1n) is 8.56. The molecule has 0 radical (unpaired) electrons. The van der Waals surface area contributed by atoms with Crippen molar-refractivity contribution in [1.82, 2.24) is 9.97 Å². The quantitative estimate of drug-likeness (QED) is 0.657. The maximum atomic E-state index is 12.4. The second kappa shape index (κ2) is 7.14. The lowest BCUT2D eigenvalue weighted by molar-refractivity contribution is -0.113. The number of nitriles is 1. The van der Waals surface area contributed by atoms with Crippen molar-refractivity contribution in [1.29, 1.82) is 5.26 Å². The molecule has 4 rings (SSSR count). The van der Waals surface area contributed by atoms with E-state index in [9.17, 15) is 10.1 Å². The van der Waals surface area contributed by atoms with Crippen LogP contribution in [0.3, 0.4) is 0 Å². The zero-order valence-electron chi connectivity index (χ0n) is 14.3. The summed E-state index contributed by atoms with van der Waals surface area (Å²) in [6.07, 6.45) is 3.03. The van der Waals surface area contributed by atoms with Crippen LogP contribution in [0.25, 0.3) is 11.0 Å². The lowest BCUT2D eigenvalue weighted by Crippen LogP contribution is -2.14. The standard InChI is InChI=1S/C19H18N4OS2/c1-11-6-7-12-13(9-20)18(26-16(12)8-11)23-17(24)10-25-19-21-14-4-2-3-5-15(14)22-19/h2-5,11H,6-8,10H2,1H3,(H,21,22)(H,23,24)/t11-/m1/s1. The summed E-state index contributed by atoms with van der Waals surface area (Å²) in [4.78, 5) is 21.3. The molecule has 3 aromatic rings. The first-order valence-corrected chi connectivity index (χ1v) is 10.4. The Hall–Kier alpha value is -2.30. The summed E-state index contributed by atoms with van der Waals surface area (Å²) in [6.45, 7) is 2.23. The molecule has 0 unspecified atom stereocenters. The molecule has 5 nitrogen and oxygen atoms in total. The number of carbonyl (C=O) groups is 1. The van der Waals surface area contributed by atoms with Crippen LogP contribution in [0.1, 0.15) is 29.3 Å². The summed E-state index contributed by atoms with van der Waals surface area (Å²) in [7, 11) is 0. The maximum absolute atomic E-state index is 12.4. The molecular weight excluding hydrogens is 364 g/mol. The third-order valence-electron chi connectivity index (χ3n) is 4.58. The van der Waals surface area contributed by atoms with Gasteiger partial charge in [0.05, 0.1) is 22.3 Å². The molecule has 1 aromatic carbocycles. The summed E-state index contributed by atoms with van der Waals surface area (Å²) >= 11 is 2.92. The number of nitrogens with zero attached hydrogens (tertiary/aromatic N) is 2. The Bertz CT molecular complexity index is 981. The Labute approximate surface area is 159 Å². The van der Waals surface area contributed by atoms with Crippen LogP contribution in [0.15, 0.2) is 29.4 Å². The third kappa shape index (κ3) is 3.35. The number of para-hydroxylation sites is 2. The Morgan fingerprint density at radius 3 is 3.15 bits per heavy atom. The van der Waals surface area contributed by atoms with Gasteiger partial charge in [-0.2, -0.15) is 5.26 Å². The number of thioether (sulfide) groups is 1. The lowest BCUT2D eigenvalue weighted by Gasteiger charge is -2.17. The SMILES string of the molecule is C[C@@H]1CCc2c(sc(NC(=O)CSc3nc4ccccc4[nH]3)c2C#N)C1. The predicted octanol–water partition coefficient (Wildman–Crippen LogP) is 4.35. The van der Waals surface area contributed by atoms with Crippen LogP contribution >= 0.6 is 23.1 Å². The van der Waals surface area contributed by atoms with Gasteiger partial charge in [0.1, 0.15) is 11.1 Å². The molecule has 1 aliphatic rings. The van der Waals surface area contributed by atoms with Crippen LogP contribution in [0.2, 0.25) is 0 Å². The van der Waals surface area contributed by atoms with Gasteiger partial charge >= 0.3 is 0 Å². The van der Waals surface area contributed by atoms with Gasteiger partial charge in [-0.15, -0.1) is 11.3 Å². The van der Waals surface area contributed by atoms with Gasteiger partial charge in [-0.25, -0.2) is 4.98 Å². The average molecular weight is 383 g/mol. The topological polar surface area (TPSA) is 81.6 Å². The fraction of sp³-hybridized carbons (Fsp3) is 0.316. The van der Waals surface area contributed by atoms with Gasteiger partial charge in [0.2, 0.25) is 5.91 Å². The van der Waals surface area contributed by atoms with E-state index < -0.39 is 0 Å². The molecule has 0 fully saturated rings. The first kappa shape index (κ1) is 17.1. The molecule has 2 aromatic heterocycles. The lowest BCUT2D eigenvalue weighted by atomic mass is 9.89. The van der Waals surface area contributed by atoms with Crippen molar-refractivity contribution in [3.8, 4) is 6.07 Å². The first-order chi connectivity index (χ1) is 12.6. The molecule has 2 heterocycles. The number of rotatable bonds is 4. The number of anilines is 1. The molecule has 2 N–H and O–H groups in total. The van der Waals surface area contributed by atoms with Crippen LogP contribution in [-0.2, 0) is 17.6 Å². The van der Waals surface area contributed by atoms with Gasteiger partial charge in [0, 0.05) is 4.88 Å². The highest BCUT2D eigenvalue weighted by Crippen LogP contribution is 2.39. The van der Waals surface area contributed by atoms with Crippen LogP contribution in [0.5, 0.6) is 0 Å². The molecule has 0 aliphatic heterocycles. The minimum absolute atomic E-state index is 0.112. The third-order valence-corrected chi connectivity index (χ3v) is 6.63. The van der Waals surface area contributed by atoms with E-state index in [0.717, 1.165) is 41.0 Å². The Balaban J connectivity index is 1.44. The molecular formula is C19H18N4OS2. The number of aromatic amines is 1. The minimum atomic E-state index is -0.112. The monoisotopic (exact) mass is 382 g/mol. The fourth-order valence-corrected chi connectivity index (χ4v) is 5.31. The van der Waals surface area contributed by atoms with Crippen LogP contribution < -0.4 is 5.32 Å². The number of aromatic nitrogens is 2. The number of H-pyrrole nitrogens is 1. The van der Waals surface area contributed by atoms with Crippen molar-refractivity contribution >= 4 is 45.0 Å². The summed E-state index contributed by atoms with van der Waals surface area (Å²) in [5.74, 6) is 0.780.